The second-order valence-corrected chi connectivity index (χ2v) is 6.04. The van der Waals surface area contributed by atoms with Crippen molar-refractivity contribution in [1.82, 2.24) is 10.6 Å². The van der Waals surface area contributed by atoms with Crippen molar-refractivity contribution < 1.29 is 4.79 Å². The van der Waals surface area contributed by atoms with Crippen LogP contribution in [0.2, 0.25) is 0 Å². The Hall–Kier alpha value is -2.30. The molecule has 0 fully saturated rings. The van der Waals surface area contributed by atoms with Crippen LogP contribution in [-0.4, -0.2) is 25.0 Å². The monoisotopic (exact) mass is 328 g/mol. The molecule has 1 aliphatic rings. The van der Waals surface area contributed by atoms with Crippen molar-refractivity contribution in [2.75, 3.05) is 13.1 Å². The van der Waals surface area contributed by atoms with Crippen LogP contribution in [-0.2, 0) is 6.54 Å². The Morgan fingerprint density at radius 3 is 2.62 bits per heavy atom. The molecule has 5 heteroatoms. The largest absolute Gasteiger partial charge is 0.366 e. The molecule has 4 N–H and O–H groups in total. The van der Waals surface area contributed by atoms with E-state index >= 15 is 0 Å². The fourth-order valence-electron chi connectivity index (χ4n) is 2.76. The van der Waals surface area contributed by atoms with Crippen LogP contribution in [0.25, 0.3) is 0 Å². The van der Waals surface area contributed by atoms with E-state index in [1.165, 1.54) is 25.7 Å². The molecule has 0 aromatic heterocycles. The predicted octanol–water partition coefficient (Wildman–Crippen LogP) is 2.73. The van der Waals surface area contributed by atoms with Crippen molar-refractivity contribution in [3.05, 3.63) is 47.0 Å². The van der Waals surface area contributed by atoms with Crippen molar-refractivity contribution >= 4 is 11.9 Å². The Morgan fingerprint density at radius 1 is 1.21 bits per heavy atom. The molecule has 2 rings (SSSR count). The van der Waals surface area contributed by atoms with Gasteiger partial charge in [0.15, 0.2) is 5.96 Å². The summed E-state index contributed by atoms with van der Waals surface area (Å²) in [5.41, 5.74) is 8.38. The maximum absolute atomic E-state index is 11.1. The summed E-state index contributed by atoms with van der Waals surface area (Å²) >= 11 is 0. The van der Waals surface area contributed by atoms with Crippen LogP contribution in [0.15, 0.2) is 40.9 Å². The molecule has 1 aromatic rings. The first-order valence-corrected chi connectivity index (χ1v) is 8.78. The normalized spacial score (nSPS) is 14.9. The van der Waals surface area contributed by atoms with E-state index in [-0.39, 0.29) is 0 Å². The van der Waals surface area contributed by atoms with Gasteiger partial charge in [-0.15, -0.1) is 0 Å². The minimum atomic E-state index is -0.405. The maximum atomic E-state index is 11.1. The average Bonchev–Trinajstić information content (AvgIpc) is 2.61. The van der Waals surface area contributed by atoms with E-state index < -0.39 is 5.91 Å². The number of carbonyl (C=O) groups is 1. The first-order valence-electron chi connectivity index (χ1n) is 8.78. The smallest absolute Gasteiger partial charge is 0.248 e. The number of benzene rings is 1. The summed E-state index contributed by atoms with van der Waals surface area (Å²) in [7, 11) is 0. The molecule has 0 saturated carbocycles. The number of allylic oxidation sites excluding steroid dienone is 1. The molecular weight excluding hydrogens is 300 g/mol. The molecule has 0 aliphatic heterocycles. The van der Waals surface area contributed by atoms with Gasteiger partial charge in [0.1, 0.15) is 0 Å². The minimum Gasteiger partial charge on any atom is -0.366 e. The maximum Gasteiger partial charge on any atom is 0.248 e. The number of carbonyl (C=O) groups excluding carboxylic acids is 1. The van der Waals surface area contributed by atoms with Gasteiger partial charge in [0, 0.05) is 18.7 Å². The molecule has 1 amide bonds. The Labute approximate surface area is 144 Å². The van der Waals surface area contributed by atoms with Crippen LogP contribution in [0.4, 0.5) is 0 Å². The van der Waals surface area contributed by atoms with Gasteiger partial charge in [0.2, 0.25) is 5.91 Å². The van der Waals surface area contributed by atoms with Gasteiger partial charge in [-0.3, -0.25) is 4.79 Å². The van der Waals surface area contributed by atoms with Crippen molar-refractivity contribution in [1.29, 1.82) is 0 Å². The molecule has 0 saturated heterocycles. The number of nitrogens with zero attached hydrogens (tertiary/aromatic N) is 1. The highest BCUT2D eigenvalue weighted by molar-refractivity contribution is 5.92. The SMILES string of the molecule is CCNC(=NCc1ccc(C(N)=O)cc1)NCCC1=CCCCC1. The topological polar surface area (TPSA) is 79.5 Å². The lowest BCUT2D eigenvalue weighted by Crippen LogP contribution is -2.37. The van der Waals surface area contributed by atoms with Crippen molar-refractivity contribution in [3.63, 3.8) is 0 Å². The molecular formula is C19H28N4O. The molecule has 0 spiro atoms. The lowest BCUT2D eigenvalue weighted by atomic mass is 9.97. The van der Waals surface area contributed by atoms with Crippen LogP contribution >= 0.6 is 0 Å². The Morgan fingerprint density at radius 2 is 2.00 bits per heavy atom. The molecule has 0 heterocycles. The lowest BCUT2D eigenvalue weighted by Gasteiger charge is -2.15. The fourth-order valence-corrected chi connectivity index (χ4v) is 2.76. The van der Waals surface area contributed by atoms with E-state index in [1.807, 2.05) is 12.1 Å². The van der Waals surface area contributed by atoms with Gasteiger partial charge < -0.3 is 16.4 Å². The first-order chi connectivity index (χ1) is 11.7. The van der Waals surface area contributed by atoms with Crippen LogP contribution in [0.1, 0.15) is 54.9 Å². The number of amides is 1. The molecule has 1 aromatic carbocycles. The predicted molar refractivity (Wildman–Crippen MR) is 98.9 cm³/mol. The second-order valence-electron chi connectivity index (χ2n) is 6.04. The lowest BCUT2D eigenvalue weighted by molar-refractivity contribution is 0.100. The highest BCUT2D eigenvalue weighted by Crippen LogP contribution is 2.19. The minimum absolute atomic E-state index is 0.405. The van der Waals surface area contributed by atoms with E-state index in [1.54, 1.807) is 17.7 Å². The number of rotatable bonds is 7. The summed E-state index contributed by atoms with van der Waals surface area (Å²) in [6.45, 7) is 4.35. The van der Waals surface area contributed by atoms with Gasteiger partial charge in [-0.1, -0.05) is 23.8 Å². The van der Waals surface area contributed by atoms with Gasteiger partial charge in [-0.2, -0.15) is 0 Å². The van der Waals surface area contributed by atoms with Gasteiger partial charge in [-0.05, 0) is 56.7 Å². The van der Waals surface area contributed by atoms with Gasteiger partial charge in [0.25, 0.3) is 0 Å². The number of nitrogens with one attached hydrogen (secondary N) is 2. The third-order valence-electron chi connectivity index (χ3n) is 4.13. The average molecular weight is 328 g/mol. The first kappa shape index (κ1) is 18.0. The standard InChI is InChI=1S/C19H28N4O/c1-2-21-19(22-13-12-15-6-4-3-5-7-15)23-14-16-8-10-17(11-9-16)18(20)24/h6,8-11H,2-5,7,12-14H2,1H3,(H2,20,24)(H2,21,22,23). The van der Waals surface area contributed by atoms with E-state index in [9.17, 15) is 4.79 Å². The molecule has 24 heavy (non-hydrogen) atoms. The Bertz CT molecular complexity index is 590. The molecule has 130 valence electrons. The number of aliphatic imine (C=N–C) groups is 1. The van der Waals surface area contributed by atoms with E-state index in [2.05, 4.69) is 28.6 Å². The Balaban J connectivity index is 1.85. The van der Waals surface area contributed by atoms with Crippen molar-refractivity contribution in [3.8, 4) is 0 Å². The van der Waals surface area contributed by atoms with Crippen LogP contribution in [0, 0.1) is 0 Å². The summed E-state index contributed by atoms with van der Waals surface area (Å²) in [5.74, 6) is 0.421. The van der Waals surface area contributed by atoms with Gasteiger partial charge >= 0.3 is 0 Å². The fraction of sp³-hybridized carbons (Fsp3) is 0.474. The highest BCUT2D eigenvalue weighted by atomic mass is 16.1. The second kappa shape index (κ2) is 9.75. The number of primary amides is 1. The summed E-state index contributed by atoms with van der Waals surface area (Å²) in [6.07, 6.45) is 8.58. The number of nitrogens with two attached hydrogens (primary N) is 1. The zero-order chi connectivity index (χ0) is 17.2. The number of hydrogen-bond acceptors (Lipinski definition) is 2. The summed E-state index contributed by atoms with van der Waals surface area (Å²) < 4.78 is 0. The van der Waals surface area contributed by atoms with Crippen LogP contribution in [0.3, 0.4) is 0 Å². The van der Waals surface area contributed by atoms with E-state index in [4.69, 9.17) is 5.73 Å². The van der Waals surface area contributed by atoms with Crippen molar-refractivity contribution in [2.45, 2.75) is 45.6 Å². The van der Waals surface area contributed by atoms with Gasteiger partial charge in [-0.25, -0.2) is 4.99 Å². The molecule has 0 unspecified atom stereocenters. The molecule has 0 radical (unpaired) electrons. The van der Waals surface area contributed by atoms with E-state index in [0.717, 1.165) is 31.0 Å². The summed E-state index contributed by atoms with van der Waals surface area (Å²) in [6, 6.07) is 7.26. The molecule has 1 aliphatic carbocycles. The van der Waals surface area contributed by atoms with Crippen molar-refractivity contribution in [2.24, 2.45) is 10.7 Å². The number of guanidine groups is 1. The van der Waals surface area contributed by atoms with Crippen LogP contribution < -0.4 is 16.4 Å². The van der Waals surface area contributed by atoms with Gasteiger partial charge in [0.05, 0.1) is 6.54 Å². The molecule has 5 nitrogen and oxygen atoms in total. The third-order valence-corrected chi connectivity index (χ3v) is 4.13. The molecule has 0 atom stereocenters. The quantitative estimate of drug-likeness (QED) is 0.409. The summed E-state index contributed by atoms with van der Waals surface area (Å²) in [4.78, 5) is 15.7. The molecule has 0 bridgehead atoms. The van der Waals surface area contributed by atoms with E-state index in [0.29, 0.717) is 12.1 Å². The Kier molecular flexibility index (Phi) is 7.33. The number of hydrogen-bond donors (Lipinski definition) is 3. The zero-order valence-electron chi connectivity index (χ0n) is 14.5. The van der Waals surface area contributed by atoms with Crippen LogP contribution in [0.5, 0.6) is 0 Å². The summed E-state index contributed by atoms with van der Waals surface area (Å²) in [5, 5.41) is 6.66. The highest BCUT2D eigenvalue weighted by Gasteiger charge is 2.04. The zero-order valence-corrected chi connectivity index (χ0v) is 14.5. The third kappa shape index (κ3) is 6.07.